The van der Waals surface area contributed by atoms with Gasteiger partial charge in [0.1, 0.15) is 0 Å². The first kappa shape index (κ1) is 15.1. The van der Waals surface area contributed by atoms with E-state index in [9.17, 15) is 4.79 Å². The van der Waals surface area contributed by atoms with E-state index in [0.717, 1.165) is 28.8 Å². The number of allylic oxidation sites excluding steroid dienone is 4. The van der Waals surface area contributed by atoms with Crippen LogP contribution in [0, 0.1) is 12.8 Å². The van der Waals surface area contributed by atoms with Crippen LogP contribution >= 0.6 is 0 Å². The van der Waals surface area contributed by atoms with E-state index in [1.807, 2.05) is 39.0 Å². The summed E-state index contributed by atoms with van der Waals surface area (Å²) in [6.45, 7) is 10.0. The molecule has 3 heteroatoms. The average Bonchev–Trinajstić information content (AvgIpc) is 2.45. The van der Waals surface area contributed by atoms with Gasteiger partial charge in [0.15, 0.2) is 0 Å². The molecule has 21 heavy (non-hydrogen) atoms. The largest absolute Gasteiger partial charge is 0.298 e. The van der Waals surface area contributed by atoms with E-state index >= 15 is 0 Å². The zero-order chi connectivity index (χ0) is 15.4. The molecule has 1 aliphatic rings. The summed E-state index contributed by atoms with van der Waals surface area (Å²) < 4.78 is 0. The highest BCUT2D eigenvalue weighted by Crippen LogP contribution is 2.25. The van der Waals surface area contributed by atoms with Gasteiger partial charge in [-0.05, 0) is 44.9 Å². The zero-order valence-corrected chi connectivity index (χ0v) is 12.9. The summed E-state index contributed by atoms with van der Waals surface area (Å²) in [5.41, 5.74) is 10.7. The van der Waals surface area contributed by atoms with E-state index in [0.29, 0.717) is 11.5 Å². The number of hydrogen-bond acceptors (Lipinski definition) is 2. The van der Waals surface area contributed by atoms with Crippen LogP contribution in [0.15, 0.2) is 59.8 Å². The number of carbonyl (C=O) groups is 1. The van der Waals surface area contributed by atoms with Gasteiger partial charge in [0.25, 0.3) is 5.91 Å². The van der Waals surface area contributed by atoms with Crippen molar-refractivity contribution in [1.82, 2.24) is 10.9 Å². The van der Waals surface area contributed by atoms with Crippen LogP contribution in [-0.2, 0) is 0 Å². The topological polar surface area (TPSA) is 41.1 Å². The molecular formula is C18H22N2O. The Morgan fingerprint density at radius 3 is 2.76 bits per heavy atom. The van der Waals surface area contributed by atoms with Crippen LogP contribution in [0.5, 0.6) is 0 Å². The van der Waals surface area contributed by atoms with Gasteiger partial charge in [-0.2, -0.15) is 0 Å². The van der Waals surface area contributed by atoms with Crippen LogP contribution < -0.4 is 10.9 Å². The molecular weight excluding hydrogens is 260 g/mol. The molecule has 0 aromatic heterocycles. The predicted octanol–water partition coefficient (Wildman–Crippen LogP) is 3.66. The van der Waals surface area contributed by atoms with Gasteiger partial charge in [-0.25, -0.2) is 0 Å². The summed E-state index contributed by atoms with van der Waals surface area (Å²) >= 11 is 0. The van der Waals surface area contributed by atoms with Crippen molar-refractivity contribution in [1.29, 1.82) is 0 Å². The molecule has 0 heterocycles. The first-order chi connectivity index (χ1) is 9.97. The van der Waals surface area contributed by atoms with Crippen LogP contribution in [0.4, 0.5) is 0 Å². The highest BCUT2D eigenvalue weighted by molar-refractivity contribution is 5.94. The number of aryl methyl sites for hydroxylation is 1. The highest BCUT2D eigenvalue weighted by atomic mass is 16.2. The Morgan fingerprint density at radius 1 is 1.33 bits per heavy atom. The minimum atomic E-state index is -0.134. The number of nitrogens with one attached hydrogen (secondary N) is 2. The van der Waals surface area contributed by atoms with Gasteiger partial charge < -0.3 is 0 Å². The molecule has 2 rings (SSSR count). The number of hydrazine groups is 1. The molecule has 1 aromatic rings. The lowest BCUT2D eigenvalue weighted by Crippen LogP contribution is -2.37. The molecule has 2 N–H and O–H groups in total. The van der Waals surface area contributed by atoms with E-state index in [4.69, 9.17) is 0 Å². The van der Waals surface area contributed by atoms with E-state index in [1.54, 1.807) is 6.07 Å². The fourth-order valence-corrected chi connectivity index (χ4v) is 2.28. The van der Waals surface area contributed by atoms with Crippen molar-refractivity contribution in [3.8, 4) is 0 Å². The van der Waals surface area contributed by atoms with Crippen molar-refractivity contribution >= 4 is 5.91 Å². The van der Waals surface area contributed by atoms with Gasteiger partial charge in [0.2, 0.25) is 0 Å². The maximum atomic E-state index is 12.1. The molecule has 0 unspecified atom stereocenters. The zero-order valence-electron chi connectivity index (χ0n) is 12.9. The van der Waals surface area contributed by atoms with E-state index in [1.165, 1.54) is 0 Å². The Kier molecular flexibility index (Phi) is 4.63. The lowest BCUT2D eigenvalue weighted by atomic mass is 9.90. The van der Waals surface area contributed by atoms with Gasteiger partial charge in [-0.3, -0.25) is 15.6 Å². The number of hydrogen-bond donors (Lipinski definition) is 2. The molecule has 0 aliphatic heterocycles. The Bertz CT molecular complexity index is 626. The third-order valence-corrected chi connectivity index (χ3v) is 3.69. The summed E-state index contributed by atoms with van der Waals surface area (Å²) in [5, 5.41) is 0. The van der Waals surface area contributed by atoms with Gasteiger partial charge in [-0.15, -0.1) is 0 Å². The van der Waals surface area contributed by atoms with Crippen LogP contribution in [0.3, 0.4) is 0 Å². The second-order valence-electron chi connectivity index (χ2n) is 5.60. The van der Waals surface area contributed by atoms with Crippen molar-refractivity contribution < 1.29 is 4.79 Å². The molecule has 1 aliphatic carbocycles. The Hall–Kier alpha value is -2.29. The molecule has 0 bridgehead atoms. The van der Waals surface area contributed by atoms with Crippen molar-refractivity contribution in [2.75, 3.05) is 0 Å². The molecule has 0 fully saturated rings. The normalized spacial score (nSPS) is 17.6. The maximum Gasteiger partial charge on any atom is 0.269 e. The lowest BCUT2D eigenvalue weighted by molar-refractivity contribution is 0.0939. The molecule has 1 atom stereocenters. The van der Waals surface area contributed by atoms with Crippen molar-refractivity contribution in [3.63, 3.8) is 0 Å². The van der Waals surface area contributed by atoms with Crippen LogP contribution in [0.1, 0.15) is 36.2 Å². The number of benzene rings is 1. The third-order valence-electron chi connectivity index (χ3n) is 3.69. The lowest BCUT2D eigenvalue weighted by Gasteiger charge is -2.21. The van der Waals surface area contributed by atoms with E-state index in [2.05, 4.69) is 29.6 Å². The second-order valence-corrected chi connectivity index (χ2v) is 5.60. The summed E-state index contributed by atoms with van der Waals surface area (Å²) in [4.78, 5) is 12.1. The standard InChI is InChI=1S/C18H22N2O/c1-12(2)15-9-8-14(4)17(11-15)19-20-18(21)16-7-5-6-13(3)10-16/h5-8,10-11,15,19H,1,9H2,2-4H3,(H,20,21)/t15-/m0/s1. The Labute approximate surface area is 126 Å². The Morgan fingerprint density at radius 2 is 2.10 bits per heavy atom. The summed E-state index contributed by atoms with van der Waals surface area (Å²) in [7, 11) is 0. The molecule has 0 radical (unpaired) electrons. The quantitative estimate of drug-likeness (QED) is 0.653. The molecule has 1 amide bonds. The SMILES string of the molecule is C=C(C)[C@@H]1C=C(NNC(=O)c2cccc(C)c2)C(C)=CC1. The minimum Gasteiger partial charge on any atom is -0.298 e. The fourth-order valence-electron chi connectivity index (χ4n) is 2.28. The monoisotopic (exact) mass is 282 g/mol. The smallest absolute Gasteiger partial charge is 0.269 e. The molecule has 110 valence electrons. The molecule has 3 nitrogen and oxygen atoms in total. The van der Waals surface area contributed by atoms with Crippen LogP contribution in [0.25, 0.3) is 0 Å². The molecule has 0 saturated heterocycles. The summed E-state index contributed by atoms with van der Waals surface area (Å²) in [6, 6.07) is 7.52. The van der Waals surface area contributed by atoms with Crippen molar-refractivity contribution in [2.24, 2.45) is 5.92 Å². The first-order valence-electron chi connectivity index (χ1n) is 7.14. The number of rotatable bonds is 4. The van der Waals surface area contributed by atoms with E-state index in [-0.39, 0.29) is 5.91 Å². The summed E-state index contributed by atoms with van der Waals surface area (Å²) in [5.74, 6) is 0.192. The van der Waals surface area contributed by atoms with Gasteiger partial charge in [0.05, 0.1) is 5.70 Å². The number of carbonyl (C=O) groups excluding carboxylic acids is 1. The molecule has 1 aromatic carbocycles. The van der Waals surface area contributed by atoms with Gasteiger partial charge in [0, 0.05) is 11.5 Å². The van der Waals surface area contributed by atoms with Crippen molar-refractivity contribution in [2.45, 2.75) is 27.2 Å². The molecule has 0 spiro atoms. The predicted molar refractivity (Wildman–Crippen MR) is 86.5 cm³/mol. The van der Waals surface area contributed by atoms with Crippen LogP contribution in [-0.4, -0.2) is 5.91 Å². The summed E-state index contributed by atoms with van der Waals surface area (Å²) in [6.07, 6.45) is 5.26. The highest BCUT2D eigenvalue weighted by Gasteiger charge is 2.14. The minimum absolute atomic E-state index is 0.134. The van der Waals surface area contributed by atoms with E-state index < -0.39 is 0 Å². The van der Waals surface area contributed by atoms with Gasteiger partial charge in [-0.1, -0.05) is 42.0 Å². The third kappa shape index (κ3) is 3.85. The molecule has 0 saturated carbocycles. The fraction of sp³-hybridized carbons (Fsp3) is 0.278. The maximum absolute atomic E-state index is 12.1. The van der Waals surface area contributed by atoms with Crippen LogP contribution in [0.2, 0.25) is 0 Å². The Balaban J connectivity index is 2.03. The second kappa shape index (κ2) is 6.44. The first-order valence-corrected chi connectivity index (χ1v) is 7.14. The van der Waals surface area contributed by atoms with Crippen molar-refractivity contribution in [3.05, 3.63) is 71.0 Å². The average molecular weight is 282 g/mol. The number of amides is 1. The van der Waals surface area contributed by atoms with Gasteiger partial charge >= 0.3 is 0 Å².